The van der Waals surface area contributed by atoms with Gasteiger partial charge in [0, 0.05) is 10.0 Å². The number of rotatable bonds is 11. The number of hydrogen-bond acceptors (Lipinski definition) is 9. The first-order valence-electron chi connectivity index (χ1n) is 11.4. The van der Waals surface area contributed by atoms with Crippen LogP contribution in [0.15, 0.2) is 64.2 Å². The number of ether oxygens (including phenoxy) is 5. The van der Waals surface area contributed by atoms with Crippen molar-refractivity contribution in [3.8, 4) is 28.7 Å². The zero-order valence-electron chi connectivity index (χ0n) is 21.6. The van der Waals surface area contributed by atoms with Gasteiger partial charge in [0.05, 0.1) is 46.8 Å². The second kappa shape index (κ2) is 13.8. The molecule has 0 spiro atoms. The lowest BCUT2D eigenvalue weighted by atomic mass is 10.1. The lowest BCUT2D eigenvalue weighted by molar-refractivity contribution is -0.120. The number of hydrazone groups is 1. The first-order chi connectivity index (χ1) is 18.8. The molecule has 39 heavy (non-hydrogen) atoms. The van der Waals surface area contributed by atoms with Crippen LogP contribution in [0.1, 0.15) is 26.3 Å². The molecule has 3 aromatic rings. The van der Waals surface area contributed by atoms with Crippen molar-refractivity contribution in [3.63, 3.8) is 0 Å². The van der Waals surface area contributed by atoms with Gasteiger partial charge in [-0.2, -0.15) is 5.10 Å². The minimum atomic E-state index is -0.557. The average molecular weight is 600 g/mol. The van der Waals surface area contributed by atoms with Crippen LogP contribution < -0.4 is 34.4 Å². The molecule has 11 nitrogen and oxygen atoms in total. The Balaban J connectivity index is 1.57. The molecule has 0 aliphatic carbocycles. The van der Waals surface area contributed by atoms with E-state index >= 15 is 0 Å². The summed E-state index contributed by atoms with van der Waals surface area (Å²) in [6.45, 7) is -0.333. The molecule has 0 aliphatic rings. The average Bonchev–Trinajstić information content (AvgIpc) is 2.95. The number of nitrogens with one attached hydrogen (secondary N) is 2. The number of carbonyl (C=O) groups excluding carboxylic acids is 3. The van der Waals surface area contributed by atoms with Crippen molar-refractivity contribution < 1.29 is 38.1 Å². The standard InChI is InChI=1S/C27H26BrN3O8/c1-35-21-11-16(9-10-20(21)39-27(34)18-7-5-6-8-19(18)28)14-30-31-24(32)15-29-26(33)17-12-22(36-2)25(38-4)23(13-17)37-3/h5-14H,15H2,1-4H3,(H,29,33)(H,31,32)/b30-14+. The Kier molecular flexibility index (Phi) is 10.3. The van der Waals surface area contributed by atoms with E-state index in [1.54, 1.807) is 42.5 Å². The predicted molar refractivity (Wildman–Crippen MR) is 146 cm³/mol. The highest BCUT2D eigenvalue weighted by Crippen LogP contribution is 2.38. The first-order valence-corrected chi connectivity index (χ1v) is 12.1. The molecule has 0 heterocycles. The Morgan fingerprint density at radius 1 is 0.846 bits per heavy atom. The summed E-state index contributed by atoms with van der Waals surface area (Å²) in [5.74, 6) is -0.167. The molecule has 3 aromatic carbocycles. The van der Waals surface area contributed by atoms with Crippen LogP contribution >= 0.6 is 15.9 Å². The minimum absolute atomic E-state index is 0.216. The van der Waals surface area contributed by atoms with Crippen molar-refractivity contribution in [1.29, 1.82) is 0 Å². The molecule has 0 saturated heterocycles. The number of amides is 2. The van der Waals surface area contributed by atoms with Crippen LogP contribution in [0.25, 0.3) is 0 Å². The third-order valence-corrected chi connectivity index (χ3v) is 5.91. The summed E-state index contributed by atoms with van der Waals surface area (Å²) >= 11 is 3.32. The molecule has 2 N–H and O–H groups in total. The summed E-state index contributed by atoms with van der Waals surface area (Å²) in [6, 6.07) is 14.6. The molecular weight excluding hydrogens is 574 g/mol. The molecule has 3 rings (SSSR count). The van der Waals surface area contributed by atoms with Crippen LogP contribution in [0.4, 0.5) is 0 Å². The van der Waals surface area contributed by atoms with Gasteiger partial charge in [-0.05, 0) is 64.0 Å². The summed E-state index contributed by atoms with van der Waals surface area (Å²) in [5.41, 5.74) is 3.47. The fourth-order valence-electron chi connectivity index (χ4n) is 3.32. The molecule has 0 bridgehead atoms. The van der Waals surface area contributed by atoms with Gasteiger partial charge in [0.25, 0.3) is 11.8 Å². The summed E-state index contributed by atoms with van der Waals surface area (Å²) in [6.07, 6.45) is 1.38. The van der Waals surface area contributed by atoms with Crippen molar-refractivity contribution >= 4 is 39.9 Å². The number of benzene rings is 3. The van der Waals surface area contributed by atoms with E-state index in [1.165, 1.54) is 46.8 Å². The van der Waals surface area contributed by atoms with Gasteiger partial charge in [-0.15, -0.1) is 0 Å². The van der Waals surface area contributed by atoms with Crippen LogP contribution in [-0.4, -0.2) is 59.0 Å². The SMILES string of the molecule is COc1cc(/C=N/NC(=O)CNC(=O)c2cc(OC)c(OC)c(OC)c2)ccc1OC(=O)c1ccccc1Br. The van der Waals surface area contributed by atoms with Gasteiger partial charge >= 0.3 is 5.97 Å². The molecule has 0 radical (unpaired) electrons. The minimum Gasteiger partial charge on any atom is -0.493 e. The van der Waals surface area contributed by atoms with Crippen molar-refractivity contribution in [2.24, 2.45) is 5.10 Å². The highest BCUT2D eigenvalue weighted by Gasteiger charge is 2.18. The summed E-state index contributed by atoms with van der Waals surface area (Å²) < 4.78 is 27.1. The second-order valence-electron chi connectivity index (χ2n) is 7.67. The van der Waals surface area contributed by atoms with Gasteiger partial charge in [0.2, 0.25) is 5.75 Å². The van der Waals surface area contributed by atoms with Crippen LogP contribution in [0.3, 0.4) is 0 Å². The number of hydrogen-bond donors (Lipinski definition) is 2. The Morgan fingerprint density at radius 3 is 2.13 bits per heavy atom. The van der Waals surface area contributed by atoms with E-state index in [4.69, 9.17) is 23.7 Å². The van der Waals surface area contributed by atoms with Crippen LogP contribution in [0.5, 0.6) is 28.7 Å². The van der Waals surface area contributed by atoms with E-state index in [0.717, 1.165) is 0 Å². The molecule has 0 aromatic heterocycles. The van der Waals surface area contributed by atoms with Crippen molar-refractivity contribution in [2.75, 3.05) is 35.0 Å². The van der Waals surface area contributed by atoms with E-state index in [1.807, 2.05) is 0 Å². The van der Waals surface area contributed by atoms with Crippen LogP contribution in [0.2, 0.25) is 0 Å². The Bertz CT molecular complexity index is 1370. The number of carbonyl (C=O) groups is 3. The third-order valence-electron chi connectivity index (χ3n) is 5.22. The van der Waals surface area contributed by atoms with Gasteiger partial charge in [0.1, 0.15) is 0 Å². The number of esters is 1. The maximum Gasteiger partial charge on any atom is 0.344 e. The molecule has 0 saturated carbocycles. The number of methoxy groups -OCH3 is 4. The van der Waals surface area contributed by atoms with Crippen LogP contribution in [0, 0.1) is 0 Å². The fourth-order valence-corrected chi connectivity index (χ4v) is 3.77. The molecule has 12 heteroatoms. The lowest BCUT2D eigenvalue weighted by Gasteiger charge is -2.14. The molecule has 0 aliphatic heterocycles. The van der Waals surface area contributed by atoms with E-state index in [2.05, 4.69) is 31.8 Å². The van der Waals surface area contributed by atoms with Gasteiger partial charge in [0.15, 0.2) is 23.0 Å². The Hall–Kier alpha value is -4.58. The lowest BCUT2D eigenvalue weighted by Crippen LogP contribution is -2.34. The highest BCUT2D eigenvalue weighted by molar-refractivity contribution is 9.10. The van der Waals surface area contributed by atoms with Gasteiger partial charge in [-0.1, -0.05) is 12.1 Å². The first kappa shape index (κ1) is 29.0. The topological polar surface area (TPSA) is 134 Å². The predicted octanol–water partition coefficient (Wildman–Crippen LogP) is 3.58. The number of nitrogens with zero attached hydrogens (tertiary/aromatic N) is 1. The Labute approximate surface area is 233 Å². The molecule has 0 atom stereocenters. The van der Waals surface area contributed by atoms with Gasteiger partial charge < -0.3 is 29.0 Å². The van der Waals surface area contributed by atoms with Crippen LogP contribution in [-0.2, 0) is 4.79 Å². The monoisotopic (exact) mass is 599 g/mol. The van der Waals surface area contributed by atoms with Gasteiger partial charge in [-0.3, -0.25) is 9.59 Å². The van der Waals surface area contributed by atoms with Crippen molar-refractivity contribution in [1.82, 2.24) is 10.7 Å². The summed E-state index contributed by atoms with van der Waals surface area (Å²) in [7, 11) is 5.76. The summed E-state index contributed by atoms with van der Waals surface area (Å²) in [5, 5.41) is 6.39. The summed E-state index contributed by atoms with van der Waals surface area (Å²) in [4.78, 5) is 37.2. The maximum absolute atomic E-state index is 12.5. The van der Waals surface area contributed by atoms with E-state index in [0.29, 0.717) is 38.6 Å². The largest absolute Gasteiger partial charge is 0.493 e. The van der Waals surface area contributed by atoms with Crippen molar-refractivity contribution in [3.05, 3.63) is 75.8 Å². The zero-order chi connectivity index (χ0) is 28.4. The second-order valence-corrected chi connectivity index (χ2v) is 8.52. The molecule has 2 amide bonds. The van der Waals surface area contributed by atoms with E-state index < -0.39 is 17.8 Å². The quantitative estimate of drug-likeness (QED) is 0.148. The maximum atomic E-state index is 12.5. The van der Waals surface area contributed by atoms with E-state index in [-0.39, 0.29) is 17.9 Å². The third kappa shape index (κ3) is 7.48. The smallest absolute Gasteiger partial charge is 0.344 e. The highest BCUT2D eigenvalue weighted by atomic mass is 79.9. The van der Waals surface area contributed by atoms with E-state index in [9.17, 15) is 14.4 Å². The molecule has 204 valence electrons. The molecular formula is C27H26BrN3O8. The van der Waals surface area contributed by atoms with Gasteiger partial charge in [-0.25, -0.2) is 10.2 Å². The Morgan fingerprint density at radius 2 is 1.51 bits per heavy atom. The zero-order valence-corrected chi connectivity index (χ0v) is 23.2. The van der Waals surface area contributed by atoms with Crippen molar-refractivity contribution in [2.45, 2.75) is 0 Å². The number of halogens is 1. The molecule has 0 fully saturated rings. The molecule has 0 unspecified atom stereocenters. The normalized spacial score (nSPS) is 10.5. The fraction of sp³-hybridized carbons (Fsp3) is 0.185.